The molecule has 216 valence electrons. The van der Waals surface area contributed by atoms with Crippen LogP contribution in [0.3, 0.4) is 0 Å². The second kappa shape index (κ2) is 12.1. The molecule has 0 unspecified atom stereocenters. The van der Waals surface area contributed by atoms with Crippen LogP contribution >= 0.6 is 30.8 Å². The molecule has 4 aromatic rings. The van der Waals surface area contributed by atoms with Gasteiger partial charge in [-0.3, -0.25) is 9.36 Å². The summed E-state index contributed by atoms with van der Waals surface area (Å²) in [5.74, 6) is -0.193. The second-order valence-corrected chi connectivity index (χ2v) is 14.1. The van der Waals surface area contributed by atoms with E-state index in [0.717, 1.165) is 9.87 Å². The Hall–Kier alpha value is -2.91. The topological polar surface area (TPSA) is 124 Å². The van der Waals surface area contributed by atoms with Gasteiger partial charge in [-0.2, -0.15) is 0 Å². The fourth-order valence-corrected chi connectivity index (χ4v) is 9.21. The van der Waals surface area contributed by atoms with Gasteiger partial charge in [-0.25, -0.2) is 12.7 Å². The van der Waals surface area contributed by atoms with Crippen molar-refractivity contribution in [3.63, 3.8) is 0 Å². The molecule has 0 aliphatic heterocycles. The predicted molar refractivity (Wildman–Crippen MR) is 164 cm³/mol. The van der Waals surface area contributed by atoms with Gasteiger partial charge < -0.3 is 15.1 Å². The molecular weight excluding hydrogens is 606 g/mol. The van der Waals surface area contributed by atoms with E-state index in [4.69, 9.17) is 23.2 Å². The van der Waals surface area contributed by atoms with E-state index in [1.807, 2.05) is 30.3 Å². The molecule has 3 N–H and O–H groups in total. The SMILES string of the molecule is CCC(CC)(N(c1ccc2cc(NC(=O)Cc3ccccc3)ccc2c1)S(=O)(=O)c1cc(Cl)cc(Cl)c1)P(=O)(O)O. The van der Waals surface area contributed by atoms with Gasteiger partial charge in [0.05, 0.1) is 17.0 Å². The first-order chi connectivity index (χ1) is 19.3. The van der Waals surface area contributed by atoms with Gasteiger partial charge in [0.25, 0.3) is 10.0 Å². The van der Waals surface area contributed by atoms with Crippen LogP contribution in [0.1, 0.15) is 32.3 Å². The van der Waals surface area contributed by atoms with Gasteiger partial charge in [0.2, 0.25) is 5.91 Å². The molecule has 0 saturated heterocycles. The number of amides is 1. The van der Waals surface area contributed by atoms with Crippen molar-refractivity contribution >= 4 is 68.9 Å². The summed E-state index contributed by atoms with van der Waals surface area (Å²) in [5.41, 5.74) is 1.48. The molecule has 0 radical (unpaired) electrons. The number of nitrogens with zero attached hydrogens (tertiary/aromatic N) is 1. The Morgan fingerprint density at radius 3 is 2.05 bits per heavy atom. The highest BCUT2D eigenvalue weighted by Crippen LogP contribution is 2.59. The minimum Gasteiger partial charge on any atom is -0.326 e. The summed E-state index contributed by atoms with van der Waals surface area (Å²) in [6, 6.07) is 22.9. The van der Waals surface area contributed by atoms with Gasteiger partial charge in [-0.05, 0) is 71.6 Å². The van der Waals surface area contributed by atoms with Crippen molar-refractivity contribution in [3.8, 4) is 0 Å². The normalized spacial score (nSPS) is 12.3. The quantitative estimate of drug-likeness (QED) is 0.158. The zero-order valence-electron chi connectivity index (χ0n) is 22.3. The average Bonchev–Trinajstić information content (AvgIpc) is 2.90. The van der Waals surface area contributed by atoms with E-state index in [1.165, 1.54) is 38.1 Å². The maximum atomic E-state index is 14.1. The van der Waals surface area contributed by atoms with Gasteiger partial charge >= 0.3 is 7.60 Å². The highest BCUT2D eigenvalue weighted by molar-refractivity contribution is 7.93. The molecule has 4 aromatic carbocycles. The number of anilines is 2. The van der Waals surface area contributed by atoms with Crippen molar-refractivity contribution in [1.29, 1.82) is 0 Å². The number of nitrogens with one attached hydrogen (secondary N) is 1. The minimum absolute atomic E-state index is 0.0569. The molecule has 0 aromatic heterocycles. The monoisotopic (exact) mass is 634 g/mol. The van der Waals surface area contributed by atoms with Crippen molar-refractivity contribution in [2.75, 3.05) is 9.62 Å². The van der Waals surface area contributed by atoms with Crippen molar-refractivity contribution < 1.29 is 27.6 Å². The zero-order valence-corrected chi connectivity index (χ0v) is 25.5. The van der Waals surface area contributed by atoms with Gasteiger partial charge in [-0.1, -0.05) is 79.5 Å². The second-order valence-electron chi connectivity index (χ2n) is 9.56. The first-order valence-corrected chi connectivity index (χ1v) is 16.6. The lowest BCUT2D eigenvalue weighted by molar-refractivity contribution is -0.115. The van der Waals surface area contributed by atoms with E-state index in [1.54, 1.807) is 30.3 Å². The Morgan fingerprint density at radius 1 is 0.878 bits per heavy atom. The van der Waals surface area contributed by atoms with Crippen LogP contribution in [-0.4, -0.2) is 29.4 Å². The van der Waals surface area contributed by atoms with Crippen LogP contribution < -0.4 is 9.62 Å². The fourth-order valence-electron chi connectivity index (χ4n) is 4.88. The molecular formula is C29H29Cl2N2O6PS. The zero-order chi connectivity index (χ0) is 30.0. The largest absolute Gasteiger partial charge is 0.351 e. The Labute approximate surface area is 249 Å². The summed E-state index contributed by atoms with van der Waals surface area (Å²) < 4.78 is 42.0. The Kier molecular flexibility index (Phi) is 9.19. The van der Waals surface area contributed by atoms with Crippen LogP contribution in [0, 0.1) is 0 Å². The van der Waals surface area contributed by atoms with E-state index in [2.05, 4.69) is 5.32 Å². The van der Waals surface area contributed by atoms with Crippen LogP contribution in [0.4, 0.5) is 11.4 Å². The number of hydrogen-bond donors (Lipinski definition) is 3. The number of fused-ring (bicyclic) bond motifs is 1. The number of carbonyl (C=O) groups excluding carboxylic acids is 1. The van der Waals surface area contributed by atoms with E-state index < -0.39 is 22.9 Å². The molecule has 4 rings (SSSR count). The minimum atomic E-state index is -5.05. The summed E-state index contributed by atoms with van der Waals surface area (Å²) in [4.78, 5) is 33.3. The molecule has 0 heterocycles. The van der Waals surface area contributed by atoms with Crippen molar-refractivity contribution in [2.45, 2.75) is 43.3 Å². The van der Waals surface area contributed by atoms with E-state index in [9.17, 15) is 27.6 Å². The van der Waals surface area contributed by atoms with Crippen LogP contribution in [0.5, 0.6) is 0 Å². The summed E-state index contributed by atoms with van der Waals surface area (Å²) >= 11 is 12.2. The van der Waals surface area contributed by atoms with Crippen molar-refractivity contribution in [3.05, 3.63) is 101 Å². The summed E-state index contributed by atoms with van der Waals surface area (Å²) in [5, 5.41) is 2.19. The van der Waals surface area contributed by atoms with Crippen LogP contribution in [0.2, 0.25) is 10.0 Å². The van der Waals surface area contributed by atoms with Crippen molar-refractivity contribution in [2.24, 2.45) is 0 Å². The first kappa shape index (κ1) is 31.0. The number of halogens is 2. The molecule has 0 atom stereocenters. The number of rotatable bonds is 10. The molecule has 41 heavy (non-hydrogen) atoms. The lowest BCUT2D eigenvalue weighted by Crippen LogP contribution is -2.51. The molecule has 1 amide bonds. The summed E-state index contributed by atoms with van der Waals surface area (Å²) in [6.45, 7) is 3.06. The maximum Gasteiger partial charge on any atom is 0.351 e. The number of carbonyl (C=O) groups is 1. The molecule has 0 saturated carbocycles. The molecule has 0 fully saturated rings. The molecule has 0 aliphatic carbocycles. The molecule has 12 heteroatoms. The van der Waals surface area contributed by atoms with Crippen LogP contribution in [0.15, 0.2) is 89.8 Å². The van der Waals surface area contributed by atoms with E-state index in [-0.39, 0.29) is 45.8 Å². The molecule has 0 bridgehead atoms. The van der Waals surface area contributed by atoms with Gasteiger partial charge in [-0.15, -0.1) is 0 Å². The molecule has 0 spiro atoms. The molecule has 8 nitrogen and oxygen atoms in total. The number of hydrogen-bond acceptors (Lipinski definition) is 4. The maximum absolute atomic E-state index is 14.1. The fraction of sp³-hybridized carbons (Fsp3) is 0.207. The highest BCUT2D eigenvalue weighted by Gasteiger charge is 2.54. The first-order valence-electron chi connectivity index (χ1n) is 12.8. The van der Waals surface area contributed by atoms with Crippen LogP contribution in [-0.2, 0) is 25.8 Å². The smallest absolute Gasteiger partial charge is 0.326 e. The van der Waals surface area contributed by atoms with Gasteiger partial charge in [0.15, 0.2) is 5.28 Å². The third-order valence-corrected chi connectivity index (χ3v) is 11.3. The van der Waals surface area contributed by atoms with Gasteiger partial charge in [0, 0.05) is 15.7 Å². The lowest BCUT2D eigenvalue weighted by atomic mass is 10.1. The van der Waals surface area contributed by atoms with Gasteiger partial charge in [0.1, 0.15) is 0 Å². The molecule has 0 aliphatic rings. The third-order valence-electron chi connectivity index (χ3n) is 6.98. The number of sulfonamides is 1. The summed E-state index contributed by atoms with van der Waals surface area (Å²) in [6.07, 6.45) is -0.145. The predicted octanol–water partition coefficient (Wildman–Crippen LogP) is 7.22. The Bertz CT molecular complexity index is 1720. The number of benzene rings is 4. The standard InChI is InChI=1S/C29H29Cl2N2O6PS/c1-3-29(4-2,40(35,36)37)33(41(38,39)27-18-23(30)17-24(31)19-27)26-13-11-21-15-25(12-10-22(21)16-26)32-28(34)14-20-8-6-5-7-9-20/h5-13,15-19H,3-4,14H2,1-2H3,(H,32,34)(H2,35,36,37). The van der Waals surface area contributed by atoms with E-state index in [0.29, 0.717) is 16.5 Å². The Balaban J connectivity index is 1.79. The van der Waals surface area contributed by atoms with Crippen LogP contribution in [0.25, 0.3) is 10.8 Å². The van der Waals surface area contributed by atoms with E-state index >= 15 is 0 Å². The average molecular weight is 636 g/mol. The summed E-state index contributed by atoms with van der Waals surface area (Å²) in [7, 11) is -9.62. The lowest BCUT2D eigenvalue weighted by Gasteiger charge is -2.43. The Morgan fingerprint density at radius 2 is 1.46 bits per heavy atom. The third kappa shape index (κ3) is 6.46. The van der Waals surface area contributed by atoms with Crippen molar-refractivity contribution in [1.82, 2.24) is 0 Å². The highest BCUT2D eigenvalue weighted by atomic mass is 35.5.